The van der Waals surface area contributed by atoms with Crippen molar-refractivity contribution in [2.24, 2.45) is 7.05 Å². The second kappa shape index (κ2) is 7.69. The maximum atomic E-state index is 6.31. The number of nitrogens with zero attached hydrogens (tertiary/aromatic N) is 2. The molecule has 0 saturated carbocycles. The minimum atomic E-state index is 0.699. The second-order valence-electron chi connectivity index (χ2n) is 4.35. The monoisotopic (exact) mass is 311 g/mol. The van der Waals surface area contributed by atoms with Crippen molar-refractivity contribution >= 4 is 23.4 Å². The number of aryl methyl sites for hydroxylation is 1. The summed E-state index contributed by atoms with van der Waals surface area (Å²) in [5, 5.41) is 5.01. The standard InChI is InChI=1S/C14H18ClN3OS/c1-18-7-5-17-14(18)20-12-4-3-11(13(15)9-12)10-16-6-8-19-2/h3-5,7,9,16H,6,8,10H2,1-2H3. The maximum absolute atomic E-state index is 6.31. The third kappa shape index (κ3) is 4.24. The highest BCUT2D eigenvalue weighted by Gasteiger charge is 2.06. The zero-order valence-electron chi connectivity index (χ0n) is 11.6. The van der Waals surface area contributed by atoms with Crippen LogP contribution in [-0.2, 0) is 18.3 Å². The molecule has 4 nitrogen and oxygen atoms in total. The molecule has 0 spiro atoms. The Morgan fingerprint density at radius 3 is 2.95 bits per heavy atom. The highest BCUT2D eigenvalue weighted by molar-refractivity contribution is 7.99. The molecule has 20 heavy (non-hydrogen) atoms. The van der Waals surface area contributed by atoms with E-state index in [1.54, 1.807) is 25.1 Å². The summed E-state index contributed by atoms with van der Waals surface area (Å²) in [6, 6.07) is 6.10. The molecule has 0 bridgehead atoms. The fourth-order valence-electron chi connectivity index (χ4n) is 1.69. The third-order valence-electron chi connectivity index (χ3n) is 2.81. The van der Waals surface area contributed by atoms with Gasteiger partial charge in [0.05, 0.1) is 6.61 Å². The van der Waals surface area contributed by atoms with Gasteiger partial charge in [-0.3, -0.25) is 0 Å². The van der Waals surface area contributed by atoms with Crippen molar-refractivity contribution in [3.8, 4) is 0 Å². The average Bonchev–Trinajstić information content (AvgIpc) is 2.82. The number of hydrogen-bond acceptors (Lipinski definition) is 4. The van der Waals surface area contributed by atoms with E-state index in [1.807, 2.05) is 29.9 Å². The van der Waals surface area contributed by atoms with Crippen LogP contribution in [0.1, 0.15) is 5.56 Å². The SMILES string of the molecule is COCCNCc1ccc(Sc2nccn2C)cc1Cl. The number of nitrogens with one attached hydrogen (secondary N) is 1. The van der Waals surface area contributed by atoms with E-state index >= 15 is 0 Å². The van der Waals surface area contributed by atoms with Crippen molar-refractivity contribution in [3.63, 3.8) is 0 Å². The number of benzene rings is 1. The predicted octanol–water partition coefficient (Wildman–Crippen LogP) is 2.96. The van der Waals surface area contributed by atoms with Crippen LogP contribution in [0.2, 0.25) is 5.02 Å². The van der Waals surface area contributed by atoms with Gasteiger partial charge in [0.25, 0.3) is 0 Å². The fourth-order valence-corrected chi connectivity index (χ4v) is 2.84. The van der Waals surface area contributed by atoms with E-state index < -0.39 is 0 Å². The van der Waals surface area contributed by atoms with Crippen LogP contribution in [0, 0.1) is 0 Å². The zero-order valence-corrected chi connectivity index (χ0v) is 13.2. The Kier molecular flexibility index (Phi) is 5.91. The lowest BCUT2D eigenvalue weighted by atomic mass is 10.2. The molecule has 2 aromatic rings. The van der Waals surface area contributed by atoms with Crippen LogP contribution in [0.3, 0.4) is 0 Å². The highest BCUT2D eigenvalue weighted by Crippen LogP contribution is 2.29. The van der Waals surface area contributed by atoms with Crippen LogP contribution in [0.25, 0.3) is 0 Å². The first-order valence-electron chi connectivity index (χ1n) is 6.34. The minimum Gasteiger partial charge on any atom is -0.383 e. The largest absolute Gasteiger partial charge is 0.383 e. The zero-order chi connectivity index (χ0) is 14.4. The first-order valence-corrected chi connectivity index (χ1v) is 7.53. The molecule has 6 heteroatoms. The molecule has 1 N–H and O–H groups in total. The van der Waals surface area contributed by atoms with Gasteiger partial charge in [-0.15, -0.1) is 0 Å². The summed E-state index contributed by atoms with van der Waals surface area (Å²) >= 11 is 7.91. The van der Waals surface area contributed by atoms with Crippen molar-refractivity contribution in [3.05, 3.63) is 41.2 Å². The predicted molar refractivity (Wildman–Crippen MR) is 82.4 cm³/mol. The van der Waals surface area contributed by atoms with Gasteiger partial charge in [0, 0.05) is 49.6 Å². The van der Waals surface area contributed by atoms with Crippen LogP contribution in [0.15, 0.2) is 40.6 Å². The van der Waals surface area contributed by atoms with Crippen molar-refractivity contribution in [1.29, 1.82) is 0 Å². The highest BCUT2D eigenvalue weighted by atomic mass is 35.5. The molecule has 2 rings (SSSR count). The smallest absolute Gasteiger partial charge is 0.172 e. The summed E-state index contributed by atoms with van der Waals surface area (Å²) in [6.07, 6.45) is 3.72. The van der Waals surface area contributed by atoms with Crippen LogP contribution in [0.5, 0.6) is 0 Å². The molecule has 0 unspecified atom stereocenters. The second-order valence-corrected chi connectivity index (χ2v) is 5.79. The summed E-state index contributed by atoms with van der Waals surface area (Å²) in [6.45, 7) is 2.26. The van der Waals surface area contributed by atoms with E-state index in [1.165, 1.54) is 0 Å². The Labute approximate surface area is 128 Å². The first kappa shape index (κ1) is 15.4. The van der Waals surface area contributed by atoms with E-state index in [9.17, 15) is 0 Å². The quantitative estimate of drug-likeness (QED) is 0.798. The number of aromatic nitrogens is 2. The third-order valence-corrected chi connectivity index (χ3v) is 4.23. The fraction of sp³-hybridized carbons (Fsp3) is 0.357. The topological polar surface area (TPSA) is 39.1 Å². The van der Waals surface area contributed by atoms with Gasteiger partial charge in [0.2, 0.25) is 0 Å². The summed E-state index contributed by atoms with van der Waals surface area (Å²) < 4.78 is 6.98. The summed E-state index contributed by atoms with van der Waals surface area (Å²) in [4.78, 5) is 5.38. The lowest BCUT2D eigenvalue weighted by Gasteiger charge is -2.08. The molecule has 0 atom stereocenters. The average molecular weight is 312 g/mol. The molecule has 1 heterocycles. The first-order chi connectivity index (χ1) is 9.70. The Balaban J connectivity index is 1.97. The molecular weight excluding hydrogens is 294 g/mol. The Bertz CT molecular complexity index is 559. The number of halogens is 1. The van der Waals surface area contributed by atoms with E-state index in [0.717, 1.165) is 33.7 Å². The number of rotatable bonds is 7. The van der Waals surface area contributed by atoms with Crippen molar-refractivity contribution in [2.45, 2.75) is 16.6 Å². The maximum Gasteiger partial charge on any atom is 0.172 e. The van der Waals surface area contributed by atoms with Gasteiger partial charge in [0.15, 0.2) is 5.16 Å². The van der Waals surface area contributed by atoms with E-state index in [-0.39, 0.29) is 0 Å². The molecule has 1 aromatic carbocycles. The molecule has 0 aliphatic heterocycles. The van der Waals surface area contributed by atoms with E-state index in [4.69, 9.17) is 16.3 Å². The van der Waals surface area contributed by atoms with Gasteiger partial charge in [-0.05, 0) is 17.7 Å². The molecule has 0 aliphatic rings. The number of imidazole rings is 1. The van der Waals surface area contributed by atoms with Crippen LogP contribution in [-0.4, -0.2) is 29.8 Å². The van der Waals surface area contributed by atoms with Gasteiger partial charge in [-0.1, -0.05) is 29.4 Å². The molecule has 0 radical (unpaired) electrons. The van der Waals surface area contributed by atoms with Crippen LogP contribution in [0.4, 0.5) is 0 Å². The molecule has 108 valence electrons. The van der Waals surface area contributed by atoms with Gasteiger partial charge in [0.1, 0.15) is 0 Å². The Morgan fingerprint density at radius 1 is 1.45 bits per heavy atom. The summed E-state index contributed by atoms with van der Waals surface area (Å²) in [5.41, 5.74) is 1.09. The molecule has 0 amide bonds. The van der Waals surface area contributed by atoms with Gasteiger partial charge < -0.3 is 14.6 Å². The van der Waals surface area contributed by atoms with Crippen molar-refractivity contribution in [1.82, 2.24) is 14.9 Å². The normalized spacial score (nSPS) is 10.9. The molecule has 0 aliphatic carbocycles. The summed E-state index contributed by atoms with van der Waals surface area (Å²) in [5.74, 6) is 0. The van der Waals surface area contributed by atoms with Crippen LogP contribution >= 0.6 is 23.4 Å². The van der Waals surface area contributed by atoms with Crippen molar-refractivity contribution < 1.29 is 4.74 Å². The van der Waals surface area contributed by atoms with E-state index in [2.05, 4.69) is 16.4 Å². The molecule has 0 saturated heterocycles. The Hall–Kier alpha value is -1.01. The number of hydrogen-bond donors (Lipinski definition) is 1. The van der Waals surface area contributed by atoms with Gasteiger partial charge >= 0.3 is 0 Å². The summed E-state index contributed by atoms with van der Waals surface area (Å²) in [7, 11) is 3.67. The van der Waals surface area contributed by atoms with E-state index in [0.29, 0.717) is 6.61 Å². The number of methoxy groups -OCH3 is 1. The van der Waals surface area contributed by atoms with Crippen molar-refractivity contribution in [2.75, 3.05) is 20.3 Å². The van der Waals surface area contributed by atoms with Crippen LogP contribution < -0.4 is 5.32 Å². The number of ether oxygens (including phenoxy) is 1. The molecule has 0 fully saturated rings. The lowest BCUT2D eigenvalue weighted by molar-refractivity contribution is 0.199. The molecular formula is C14H18ClN3OS. The minimum absolute atomic E-state index is 0.699. The molecule has 1 aromatic heterocycles. The lowest BCUT2D eigenvalue weighted by Crippen LogP contribution is -2.18. The van der Waals surface area contributed by atoms with Gasteiger partial charge in [-0.2, -0.15) is 0 Å². The van der Waals surface area contributed by atoms with Gasteiger partial charge in [-0.25, -0.2) is 4.98 Å². The Morgan fingerprint density at radius 2 is 2.30 bits per heavy atom.